The van der Waals surface area contributed by atoms with E-state index in [0.717, 1.165) is 42.6 Å². The Labute approximate surface area is 210 Å². The third-order valence-corrected chi connectivity index (χ3v) is 7.06. The highest BCUT2D eigenvalue weighted by Gasteiger charge is 2.27. The number of aliphatic hydroxyl groups excluding tert-OH is 1. The molecule has 0 spiro atoms. The van der Waals surface area contributed by atoms with Gasteiger partial charge in [-0.05, 0) is 70.4 Å². The second kappa shape index (κ2) is 10.3. The Kier molecular flexibility index (Phi) is 6.91. The molecule has 2 amide bonds. The molecule has 2 fully saturated rings. The van der Waals surface area contributed by atoms with Crippen LogP contribution in [-0.4, -0.2) is 56.7 Å². The molecule has 5 rings (SSSR count). The number of nitrogens with one attached hydrogen (secondary N) is 3. The zero-order valence-electron chi connectivity index (χ0n) is 20.7. The van der Waals surface area contributed by atoms with Crippen LogP contribution in [0.1, 0.15) is 61.4 Å². The van der Waals surface area contributed by atoms with Crippen LogP contribution < -0.4 is 15.4 Å². The van der Waals surface area contributed by atoms with Crippen molar-refractivity contribution in [3.63, 3.8) is 0 Å². The SMILES string of the molecule is Cc1ccc(OCC2CC2)c(-c2ncnc3c(C(=O)N[C@H]4CC[C@H](NC(=O)[C@H](C)O)CC4)c[nH]c23)c1. The lowest BCUT2D eigenvalue weighted by molar-refractivity contribution is -0.129. The summed E-state index contributed by atoms with van der Waals surface area (Å²) in [7, 11) is 0. The Morgan fingerprint density at radius 1 is 1.11 bits per heavy atom. The maximum absolute atomic E-state index is 13.2. The number of fused-ring (bicyclic) bond motifs is 1. The normalized spacial score (nSPS) is 20.6. The van der Waals surface area contributed by atoms with Crippen LogP contribution in [-0.2, 0) is 4.79 Å². The van der Waals surface area contributed by atoms with Crippen molar-refractivity contribution in [3.05, 3.63) is 41.9 Å². The first-order chi connectivity index (χ1) is 17.4. The van der Waals surface area contributed by atoms with Gasteiger partial charge in [0.1, 0.15) is 29.4 Å². The van der Waals surface area contributed by atoms with Gasteiger partial charge in [0.25, 0.3) is 5.91 Å². The van der Waals surface area contributed by atoms with Gasteiger partial charge in [0.05, 0.1) is 17.7 Å². The largest absolute Gasteiger partial charge is 0.493 e. The molecule has 0 aliphatic heterocycles. The number of aliphatic hydroxyl groups is 1. The zero-order valence-corrected chi connectivity index (χ0v) is 20.7. The van der Waals surface area contributed by atoms with E-state index in [1.165, 1.54) is 26.1 Å². The molecule has 0 saturated heterocycles. The number of ether oxygens (including phenoxy) is 1. The van der Waals surface area contributed by atoms with Crippen molar-refractivity contribution in [2.45, 2.75) is 70.6 Å². The molecule has 36 heavy (non-hydrogen) atoms. The molecule has 0 bridgehead atoms. The van der Waals surface area contributed by atoms with Gasteiger partial charge in [0, 0.05) is 23.8 Å². The highest BCUT2D eigenvalue weighted by molar-refractivity contribution is 6.08. The molecular weight excluding hydrogens is 458 g/mol. The summed E-state index contributed by atoms with van der Waals surface area (Å²) in [5, 5.41) is 15.4. The molecule has 2 aromatic heterocycles. The van der Waals surface area contributed by atoms with Crippen LogP contribution in [0.5, 0.6) is 5.75 Å². The number of nitrogens with zero attached hydrogens (tertiary/aromatic N) is 2. The number of carbonyl (C=O) groups is 2. The second-order valence-corrected chi connectivity index (χ2v) is 10.1. The zero-order chi connectivity index (χ0) is 25.2. The van der Waals surface area contributed by atoms with Crippen molar-refractivity contribution in [2.24, 2.45) is 5.92 Å². The van der Waals surface area contributed by atoms with Crippen LogP contribution in [0, 0.1) is 12.8 Å². The summed E-state index contributed by atoms with van der Waals surface area (Å²) in [6.07, 6.45) is 7.60. The highest BCUT2D eigenvalue weighted by Crippen LogP contribution is 2.36. The molecule has 1 atom stereocenters. The minimum Gasteiger partial charge on any atom is -0.493 e. The van der Waals surface area contributed by atoms with Crippen LogP contribution in [0.4, 0.5) is 0 Å². The van der Waals surface area contributed by atoms with Gasteiger partial charge in [-0.15, -0.1) is 0 Å². The van der Waals surface area contributed by atoms with Crippen molar-refractivity contribution >= 4 is 22.8 Å². The molecule has 1 aromatic carbocycles. The maximum atomic E-state index is 13.2. The van der Waals surface area contributed by atoms with E-state index in [-0.39, 0.29) is 23.9 Å². The molecule has 0 radical (unpaired) electrons. The number of rotatable bonds is 8. The van der Waals surface area contributed by atoms with E-state index < -0.39 is 6.10 Å². The number of aromatic amines is 1. The van der Waals surface area contributed by atoms with Gasteiger partial charge < -0.3 is 25.5 Å². The third-order valence-electron chi connectivity index (χ3n) is 7.06. The van der Waals surface area contributed by atoms with Crippen LogP contribution in [0.2, 0.25) is 0 Å². The van der Waals surface area contributed by atoms with E-state index in [9.17, 15) is 14.7 Å². The highest BCUT2D eigenvalue weighted by atomic mass is 16.5. The molecular formula is C27H33N5O4. The molecule has 9 heteroatoms. The molecule has 2 aliphatic carbocycles. The summed E-state index contributed by atoms with van der Waals surface area (Å²) < 4.78 is 6.13. The topological polar surface area (TPSA) is 129 Å². The Bertz CT molecular complexity index is 1260. The van der Waals surface area contributed by atoms with Crippen molar-refractivity contribution in [3.8, 4) is 17.0 Å². The van der Waals surface area contributed by atoms with E-state index in [1.54, 1.807) is 6.20 Å². The average Bonchev–Trinajstić information content (AvgIpc) is 3.59. The standard InChI is InChI=1S/C27H33N5O4/c1-15-3-10-22(36-13-17-4-5-17)20(11-15)23-25-24(30-14-29-23)21(12-28-25)27(35)32-19-8-6-18(7-9-19)31-26(34)16(2)33/h3,10-12,14,16-19,28,33H,4-9,13H2,1-2H3,(H,31,34)(H,32,35)/t16-,18-,19-/m0/s1. The van der Waals surface area contributed by atoms with E-state index >= 15 is 0 Å². The lowest BCUT2D eigenvalue weighted by Crippen LogP contribution is -2.45. The van der Waals surface area contributed by atoms with Crippen molar-refractivity contribution in [1.29, 1.82) is 0 Å². The number of aromatic nitrogens is 3. The van der Waals surface area contributed by atoms with Crippen LogP contribution in [0.3, 0.4) is 0 Å². The molecule has 9 nitrogen and oxygen atoms in total. The van der Waals surface area contributed by atoms with Gasteiger partial charge in [-0.2, -0.15) is 0 Å². The Balaban J connectivity index is 1.31. The molecule has 4 N–H and O–H groups in total. The Hall–Kier alpha value is -3.46. The number of aryl methyl sites for hydroxylation is 1. The minimum absolute atomic E-state index is 0.0164. The number of hydrogen-bond acceptors (Lipinski definition) is 6. The summed E-state index contributed by atoms with van der Waals surface area (Å²) in [6.45, 7) is 4.19. The number of H-pyrrole nitrogens is 1. The van der Waals surface area contributed by atoms with Gasteiger partial charge in [0.2, 0.25) is 5.91 Å². The second-order valence-electron chi connectivity index (χ2n) is 10.1. The summed E-state index contributed by atoms with van der Waals surface area (Å²) >= 11 is 0. The van der Waals surface area contributed by atoms with Gasteiger partial charge in [0.15, 0.2) is 0 Å². The fourth-order valence-corrected chi connectivity index (χ4v) is 4.73. The summed E-state index contributed by atoms with van der Waals surface area (Å²) in [4.78, 5) is 37.1. The summed E-state index contributed by atoms with van der Waals surface area (Å²) in [5.74, 6) is 0.880. The van der Waals surface area contributed by atoms with Crippen LogP contribution in [0.25, 0.3) is 22.3 Å². The van der Waals surface area contributed by atoms with E-state index in [0.29, 0.717) is 34.8 Å². The maximum Gasteiger partial charge on any atom is 0.255 e. The first kappa shape index (κ1) is 24.2. The number of amides is 2. The fourth-order valence-electron chi connectivity index (χ4n) is 4.73. The van der Waals surface area contributed by atoms with Gasteiger partial charge in [-0.1, -0.05) is 11.6 Å². The van der Waals surface area contributed by atoms with Gasteiger partial charge in [-0.25, -0.2) is 9.97 Å². The molecule has 2 heterocycles. The van der Waals surface area contributed by atoms with Gasteiger partial charge in [-0.3, -0.25) is 9.59 Å². The molecule has 2 aliphatic rings. The molecule has 2 saturated carbocycles. The molecule has 0 unspecified atom stereocenters. The van der Waals surface area contributed by atoms with Gasteiger partial charge >= 0.3 is 0 Å². The number of benzene rings is 1. The molecule has 3 aromatic rings. The Morgan fingerprint density at radius 3 is 2.53 bits per heavy atom. The van der Waals surface area contributed by atoms with Crippen LogP contribution in [0.15, 0.2) is 30.7 Å². The van der Waals surface area contributed by atoms with Crippen molar-refractivity contribution in [2.75, 3.05) is 6.61 Å². The smallest absolute Gasteiger partial charge is 0.255 e. The van der Waals surface area contributed by atoms with Crippen LogP contribution >= 0.6 is 0 Å². The predicted molar refractivity (Wildman–Crippen MR) is 136 cm³/mol. The summed E-state index contributed by atoms with van der Waals surface area (Å²) in [5.41, 5.74) is 4.45. The lowest BCUT2D eigenvalue weighted by atomic mass is 9.91. The molecule has 190 valence electrons. The number of hydrogen-bond donors (Lipinski definition) is 4. The fraction of sp³-hybridized carbons (Fsp3) is 0.481. The van der Waals surface area contributed by atoms with Crippen molar-refractivity contribution in [1.82, 2.24) is 25.6 Å². The first-order valence-electron chi connectivity index (χ1n) is 12.7. The van der Waals surface area contributed by atoms with E-state index in [2.05, 4.69) is 31.7 Å². The average molecular weight is 492 g/mol. The summed E-state index contributed by atoms with van der Waals surface area (Å²) in [6, 6.07) is 6.11. The monoisotopic (exact) mass is 491 g/mol. The number of carbonyl (C=O) groups excluding carboxylic acids is 2. The van der Waals surface area contributed by atoms with E-state index in [4.69, 9.17) is 4.74 Å². The minimum atomic E-state index is -1.02. The Morgan fingerprint density at radius 2 is 1.83 bits per heavy atom. The van der Waals surface area contributed by atoms with E-state index in [1.807, 2.05) is 19.1 Å². The predicted octanol–water partition coefficient (Wildman–Crippen LogP) is 3.26. The third kappa shape index (κ3) is 5.36. The lowest BCUT2D eigenvalue weighted by Gasteiger charge is -2.29. The van der Waals surface area contributed by atoms with Crippen molar-refractivity contribution < 1.29 is 19.4 Å². The quantitative estimate of drug-likeness (QED) is 0.383. The first-order valence-corrected chi connectivity index (χ1v) is 12.7.